The quantitative estimate of drug-likeness (QED) is 0.326. The van der Waals surface area contributed by atoms with Gasteiger partial charge in [-0.2, -0.15) is 0 Å². The fourth-order valence-corrected chi connectivity index (χ4v) is 4.58. The van der Waals surface area contributed by atoms with Crippen molar-refractivity contribution in [3.8, 4) is 0 Å². The third kappa shape index (κ3) is 6.75. The lowest BCUT2D eigenvalue weighted by atomic mass is 9.89. The zero-order chi connectivity index (χ0) is 22.1. The molecular formula is C22H31N5O3S. The molecule has 8 nitrogen and oxygen atoms in total. The maximum Gasteiger partial charge on any atom is 0.242 e. The number of aliphatic imine (C=N–C) groups is 1. The second-order valence-electron chi connectivity index (χ2n) is 7.57. The van der Waals surface area contributed by atoms with Gasteiger partial charge in [-0.25, -0.2) is 13.1 Å². The molecule has 2 heterocycles. The van der Waals surface area contributed by atoms with E-state index in [9.17, 15) is 8.42 Å². The number of benzene rings is 1. The molecule has 0 spiro atoms. The Balaban J connectivity index is 1.46. The molecule has 1 fully saturated rings. The highest BCUT2D eigenvalue weighted by Gasteiger charge is 2.27. The molecule has 2 atom stereocenters. The largest absolute Gasteiger partial charge is 0.373 e. The summed E-state index contributed by atoms with van der Waals surface area (Å²) in [5.41, 5.74) is 2.43. The van der Waals surface area contributed by atoms with E-state index in [1.807, 2.05) is 0 Å². The third-order valence-corrected chi connectivity index (χ3v) is 6.71. The number of hydrogen-bond donors (Lipinski definition) is 3. The van der Waals surface area contributed by atoms with Crippen molar-refractivity contribution < 1.29 is 13.2 Å². The number of rotatable bonds is 8. The lowest BCUT2D eigenvalue weighted by Gasteiger charge is -2.32. The van der Waals surface area contributed by atoms with Crippen LogP contribution in [0.3, 0.4) is 0 Å². The number of aromatic nitrogens is 1. The highest BCUT2D eigenvalue weighted by Crippen LogP contribution is 2.33. The van der Waals surface area contributed by atoms with E-state index in [1.165, 1.54) is 29.6 Å². The van der Waals surface area contributed by atoms with Gasteiger partial charge in [0.25, 0.3) is 0 Å². The summed E-state index contributed by atoms with van der Waals surface area (Å²) in [7, 11) is -1.87. The maximum absolute atomic E-state index is 12.2. The fourth-order valence-electron chi connectivity index (χ4n) is 3.58. The summed E-state index contributed by atoms with van der Waals surface area (Å²) in [4.78, 5) is 8.24. The molecule has 0 saturated carbocycles. The molecule has 31 heavy (non-hydrogen) atoms. The van der Waals surface area contributed by atoms with Crippen molar-refractivity contribution in [1.29, 1.82) is 0 Å². The molecule has 2 aromatic rings. The Morgan fingerprint density at radius 2 is 2.00 bits per heavy atom. The SMILES string of the molecule is CN=C(NCCNS(=O)(=O)c1cccnc1)NCC1CCCOC1c1ccc(C)cc1. The van der Waals surface area contributed by atoms with Gasteiger partial charge >= 0.3 is 0 Å². The van der Waals surface area contributed by atoms with Gasteiger partial charge in [-0.3, -0.25) is 9.98 Å². The van der Waals surface area contributed by atoms with Crippen LogP contribution in [0.2, 0.25) is 0 Å². The van der Waals surface area contributed by atoms with Gasteiger partial charge in [0.1, 0.15) is 4.90 Å². The monoisotopic (exact) mass is 445 g/mol. The van der Waals surface area contributed by atoms with E-state index in [0.29, 0.717) is 18.4 Å². The van der Waals surface area contributed by atoms with Gasteiger partial charge in [0.05, 0.1) is 6.10 Å². The highest BCUT2D eigenvalue weighted by atomic mass is 32.2. The first-order valence-corrected chi connectivity index (χ1v) is 12.0. The average molecular weight is 446 g/mol. The Labute approximate surface area is 184 Å². The van der Waals surface area contributed by atoms with E-state index >= 15 is 0 Å². The predicted molar refractivity (Wildman–Crippen MR) is 121 cm³/mol. The van der Waals surface area contributed by atoms with Crippen molar-refractivity contribution >= 4 is 16.0 Å². The van der Waals surface area contributed by atoms with Crippen LogP contribution in [0.25, 0.3) is 0 Å². The topological polar surface area (TPSA) is 105 Å². The molecule has 0 amide bonds. The van der Waals surface area contributed by atoms with Gasteiger partial charge in [-0.15, -0.1) is 0 Å². The van der Waals surface area contributed by atoms with E-state index in [4.69, 9.17) is 4.74 Å². The van der Waals surface area contributed by atoms with E-state index in [1.54, 1.807) is 13.1 Å². The molecule has 0 radical (unpaired) electrons. The molecule has 9 heteroatoms. The normalized spacial score (nSPS) is 19.7. The lowest BCUT2D eigenvalue weighted by molar-refractivity contribution is -0.0265. The van der Waals surface area contributed by atoms with Gasteiger partial charge in [0, 0.05) is 51.6 Å². The van der Waals surface area contributed by atoms with Crippen LogP contribution in [0.4, 0.5) is 0 Å². The summed E-state index contributed by atoms with van der Waals surface area (Å²) in [5, 5.41) is 6.50. The molecule has 1 aliphatic heterocycles. The number of pyridine rings is 1. The lowest BCUT2D eigenvalue weighted by Crippen LogP contribution is -2.44. The number of hydrogen-bond acceptors (Lipinski definition) is 5. The number of guanidine groups is 1. The van der Waals surface area contributed by atoms with E-state index in [2.05, 4.69) is 56.5 Å². The van der Waals surface area contributed by atoms with Crippen molar-refractivity contribution in [1.82, 2.24) is 20.3 Å². The smallest absolute Gasteiger partial charge is 0.242 e. The molecule has 1 aliphatic rings. The summed E-state index contributed by atoms with van der Waals surface area (Å²) in [6.07, 6.45) is 5.04. The molecule has 1 saturated heterocycles. The number of aryl methyl sites for hydroxylation is 1. The van der Waals surface area contributed by atoms with Crippen molar-refractivity contribution in [3.63, 3.8) is 0 Å². The molecule has 0 bridgehead atoms. The van der Waals surface area contributed by atoms with Crippen LogP contribution in [0.1, 0.15) is 30.1 Å². The van der Waals surface area contributed by atoms with Gasteiger partial charge < -0.3 is 15.4 Å². The van der Waals surface area contributed by atoms with E-state index < -0.39 is 10.0 Å². The Kier molecular flexibility index (Phi) is 8.39. The minimum Gasteiger partial charge on any atom is -0.373 e. The number of nitrogens with one attached hydrogen (secondary N) is 3. The Hall–Kier alpha value is -2.49. The molecule has 0 aliphatic carbocycles. The van der Waals surface area contributed by atoms with E-state index in [0.717, 1.165) is 26.0 Å². The zero-order valence-corrected chi connectivity index (χ0v) is 18.9. The standard InChI is InChI=1S/C22H31N5O3S/c1-17-7-9-18(10-8-17)21-19(5-4-14-30-21)15-26-22(23-2)25-12-13-27-31(28,29)20-6-3-11-24-16-20/h3,6-11,16,19,21,27H,4-5,12-15H2,1-2H3,(H2,23,25,26). The van der Waals surface area contributed by atoms with Crippen molar-refractivity contribution in [2.45, 2.75) is 30.8 Å². The minimum absolute atomic E-state index is 0.0613. The summed E-state index contributed by atoms with van der Waals surface area (Å²) in [6.45, 7) is 4.22. The molecule has 1 aromatic carbocycles. The maximum atomic E-state index is 12.2. The van der Waals surface area contributed by atoms with Crippen LogP contribution in [-0.2, 0) is 14.8 Å². The van der Waals surface area contributed by atoms with Crippen LogP contribution >= 0.6 is 0 Å². The van der Waals surface area contributed by atoms with Gasteiger partial charge in [-0.05, 0) is 37.5 Å². The van der Waals surface area contributed by atoms with Crippen LogP contribution in [0.15, 0.2) is 58.7 Å². The second-order valence-corrected chi connectivity index (χ2v) is 9.34. The van der Waals surface area contributed by atoms with Crippen molar-refractivity contribution in [3.05, 3.63) is 59.9 Å². The fraction of sp³-hybridized carbons (Fsp3) is 0.455. The molecule has 2 unspecified atom stereocenters. The summed E-state index contributed by atoms with van der Waals surface area (Å²) >= 11 is 0. The first-order chi connectivity index (χ1) is 15.0. The average Bonchev–Trinajstić information content (AvgIpc) is 2.80. The molecular weight excluding hydrogens is 414 g/mol. The number of ether oxygens (including phenoxy) is 1. The number of nitrogens with zero attached hydrogens (tertiary/aromatic N) is 2. The molecule has 1 aromatic heterocycles. The first kappa shape index (κ1) is 23.2. The van der Waals surface area contributed by atoms with Gasteiger partial charge in [-0.1, -0.05) is 29.8 Å². The Bertz CT molecular complexity index is 949. The summed E-state index contributed by atoms with van der Waals surface area (Å²) in [6, 6.07) is 11.6. The van der Waals surface area contributed by atoms with Crippen LogP contribution in [0, 0.1) is 12.8 Å². The molecule has 3 rings (SSSR count). The van der Waals surface area contributed by atoms with Crippen molar-refractivity contribution in [2.75, 3.05) is 33.3 Å². The van der Waals surface area contributed by atoms with Gasteiger partial charge in [0.2, 0.25) is 10.0 Å². The molecule has 3 N–H and O–H groups in total. The van der Waals surface area contributed by atoms with Crippen molar-refractivity contribution in [2.24, 2.45) is 10.9 Å². The number of sulfonamides is 1. The van der Waals surface area contributed by atoms with Crippen LogP contribution in [-0.4, -0.2) is 52.7 Å². The summed E-state index contributed by atoms with van der Waals surface area (Å²) < 4.78 is 33.1. The third-order valence-electron chi connectivity index (χ3n) is 5.26. The first-order valence-electron chi connectivity index (χ1n) is 10.5. The summed E-state index contributed by atoms with van der Waals surface area (Å²) in [5.74, 6) is 0.966. The molecule has 168 valence electrons. The van der Waals surface area contributed by atoms with Crippen LogP contribution < -0.4 is 15.4 Å². The van der Waals surface area contributed by atoms with Gasteiger partial charge in [0.15, 0.2) is 5.96 Å². The van der Waals surface area contributed by atoms with E-state index in [-0.39, 0.29) is 17.5 Å². The highest BCUT2D eigenvalue weighted by molar-refractivity contribution is 7.89. The second kappa shape index (κ2) is 11.2. The minimum atomic E-state index is -3.56. The Morgan fingerprint density at radius 1 is 1.19 bits per heavy atom. The Morgan fingerprint density at radius 3 is 2.71 bits per heavy atom. The zero-order valence-electron chi connectivity index (χ0n) is 18.0. The predicted octanol–water partition coefficient (Wildman–Crippen LogP) is 2.00. The van der Waals surface area contributed by atoms with Crippen LogP contribution in [0.5, 0.6) is 0 Å².